The maximum Gasteiger partial charge on any atom is 0.192 e. The molecule has 0 aliphatic heterocycles. The molecule has 0 radical (unpaired) electrons. The van der Waals surface area contributed by atoms with Crippen molar-refractivity contribution in [2.45, 2.75) is 17.0 Å². The quantitative estimate of drug-likeness (QED) is 0.595. The molecule has 0 aliphatic rings. The van der Waals surface area contributed by atoms with Crippen molar-refractivity contribution in [1.82, 2.24) is 15.0 Å². The van der Waals surface area contributed by atoms with Crippen LogP contribution in [0.1, 0.15) is 5.69 Å². The van der Waals surface area contributed by atoms with Crippen molar-refractivity contribution in [3.05, 3.63) is 41.4 Å². The molecular formula is C10H8ClN3S. The standard InChI is InChI=1S/C10H8ClN3S/c1-7-2-4-13-10(14-7)15-8-3-5-12-9(11)6-8/h2-6H,1H3. The third kappa shape index (κ3) is 2.91. The first-order valence-electron chi connectivity index (χ1n) is 4.33. The summed E-state index contributed by atoms with van der Waals surface area (Å²) in [5.74, 6) is 0. The van der Waals surface area contributed by atoms with Gasteiger partial charge < -0.3 is 0 Å². The highest BCUT2D eigenvalue weighted by Crippen LogP contribution is 2.25. The molecule has 76 valence electrons. The van der Waals surface area contributed by atoms with Crippen molar-refractivity contribution in [3.63, 3.8) is 0 Å². The average Bonchev–Trinajstić information content (AvgIpc) is 2.17. The fourth-order valence-corrected chi connectivity index (χ4v) is 2.08. The molecule has 0 spiro atoms. The maximum absolute atomic E-state index is 5.78. The molecule has 0 aliphatic carbocycles. The number of hydrogen-bond donors (Lipinski definition) is 0. The predicted octanol–water partition coefficient (Wildman–Crippen LogP) is 2.98. The third-order valence-corrected chi connectivity index (χ3v) is 2.76. The molecule has 0 bridgehead atoms. The minimum atomic E-state index is 0.479. The number of aryl methyl sites for hydroxylation is 1. The van der Waals surface area contributed by atoms with Gasteiger partial charge in [0.1, 0.15) is 5.15 Å². The van der Waals surface area contributed by atoms with Crippen LogP contribution in [-0.4, -0.2) is 15.0 Å². The van der Waals surface area contributed by atoms with Gasteiger partial charge >= 0.3 is 0 Å². The van der Waals surface area contributed by atoms with E-state index >= 15 is 0 Å². The second kappa shape index (κ2) is 4.59. The first-order chi connectivity index (χ1) is 7.24. The normalized spacial score (nSPS) is 10.3. The van der Waals surface area contributed by atoms with E-state index in [0.717, 1.165) is 15.7 Å². The Labute approximate surface area is 96.9 Å². The number of nitrogens with zero attached hydrogens (tertiary/aromatic N) is 3. The van der Waals surface area contributed by atoms with Gasteiger partial charge in [0.05, 0.1) is 0 Å². The second-order valence-corrected chi connectivity index (χ2v) is 4.32. The molecule has 0 saturated heterocycles. The summed E-state index contributed by atoms with van der Waals surface area (Å²) >= 11 is 7.25. The van der Waals surface area contributed by atoms with Gasteiger partial charge in [0.15, 0.2) is 5.16 Å². The molecule has 0 amide bonds. The van der Waals surface area contributed by atoms with Crippen LogP contribution >= 0.6 is 23.4 Å². The highest BCUT2D eigenvalue weighted by Gasteiger charge is 2.01. The van der Waals surface area contributed by atoms with Crippen LogP contribution in [0.3, 0.4) is 0 Å². The Hall–Kier alpha value is -1.13. The Bertz CT molecular complexity index is 432. The molecule has 0 N–H and O–H groups in total. The van der Waals surface area contributed by atoms with E-state index in [4.69, 9.17) is 11.6 Å². The van der Waals surface area contributed by atoms with Gasteiger partial charge in [0, 0.05) is 23.0 Å². The number of hydrogen-bond acceptors (Lipinski definition) is 4. The van der Waals surface area contributed by atoms with Gasteiger partial charge in [0.25, 0.3) is 0 Å². The van der Waals surface area contributed by atoms with Crippen molar-refractivity contribution in [3.8, 4) is 0 Å². The lowest BCUT2D eigenvalue weighted by Gasteiger charge is -2.00. The minimum Gasteiger partial charge on any atom is -0.244 e. The second-order valence-electron chi connectivity index (χ2n) is 2.90. The summed E-state index contributed by atoms with van der Waals surface area (Å²) in [5, 5.41) is 1.20. The van der Waals surface area contributed by atoms with Gasteiger partial charge in [-0.15, -0.1) is 0 Å². The summed E-state index contributed by atoms with van der Waals surface area (Å²) < 4.78 is 0. The summed E-state index contributed by atoms with van der Waals surface area (Å²) in [5.41, 5.74) is 0.952. The first kappa shape index (κ1) is 10.4. The van der Waals surface area contributed by atoms with Crippen molar-refractivity contribution < 1.29 is 0 Å². The molecule has 0 aromatic carbocycles. The molecule has 2 aromatic heterocycles. The number of halogens is 1. The van der Waals surface area contributed by atoms with E-state index in [9.17, 15) is 0 Å². The largest absolute Gasteiger partial charge is 0.244 e. The molecule has 0 unspecified atom stereocenters. The number of rotatable bonds is 2. The van der Waals surface area contributed by atoms with Gasteiger partial charge in [0.2, 0.25) is 0 Å². The highest BCUT2D eigenvalue weighted by atomic mass is 35.5. The molecule has 2 aromatic rings. The summed E-state index contributed by atoms with van der Waals surface area (Å²) in [6, 6.07) is 5.53. The summed E-state index contributed by atoms with van der Waals surface area (Å²) in [7, 11) is 0. The Balaban J connectivity index is 2.22. The molecule has 0 atom stereocenters. The fraction of sp³-hybridized carbons (Fsp3) is 0.100. The van der Waals surface area contributed by atoms with E-state index in [-0.39, 0.29) is 0 Å². The molecular weight excluding hydrogens is 230 g/mol. The lowest BCUT2D eigenvalue weighted by atomic mass is 10.5. The van der Waals surface area contributed by atoms with Crippen molar-refractivity contribution >= 4 is 23.4 Å². The van der Waals surface area contributed by atoms with Crippen LogP contribution in [0.4, 0.5) is 0 Å². The first-order valence-corrected chi connectivity index (χ1v) is 5.52. The van der Waals surface area contributed by atoms with E-state index in [1.54, 1.807) is 18.5 Å². The summed E-state index contributed by atoms with van der Waals surface area (Å²) in [6.07, 6.45) is 3.41. The molecule has 0 saturated carbocycles. The van der Waals surface area contributed by atoms with Crippen LogP contribution in [0.2, 0.25) is 5.15 Å². The average molecular weight is 238 g/mol. The lowest BCUT2D eigenvalue weighted by Crippen LogP contribution is -1.87. The summed E-state index contributed by atoms with van der Waals surface area (Å²) in [4.78, 5) is 13.3. The Kier molecular flexibility index (Phi) is 3.18. The number of pyridine rings is 1. The van der Waals surface area contributed by atoms with Crippen molar-refractivity contribution in [2.24, 2.45) is 0 Å². The van der Waals surface area contributed by atoms with E-state index in [0.29, 0.717) is 5.15 Å². The molecule has 2 heterocycles. The van der Waals surface area contributed by atoms with Gasteiger partial charge in [-0.2, -0.15) is 0 Å². The van der Waals surface area contributed by atoms with Crippen LogP contribution in [0.5, 0.6) is 0 Å². The van der Waals surface area contributed by atoms with E-state index < -0.39 is 0 Å². The predicted molar refractivity (Wildman–Crippen MR) is 60.1 cm³/mol. The van der Waals surface area contributed by atoms with Crippen LogP contribution in [-0.2, 0) is 0 Å². The van der Waals surface area contributed by atoms with Gasteiger partial charge in [-0.1, -0.05) is 11.6 Å². The molecule has 2 rings (SSSR count). The zero-order valence-electron chi connectivity index (χ0n) is 8.01. The van der Waals surface area contributed by atoms with Crippen LogP contribution in [0, 0.1) is 6.92 Å². The molecule has 15 heavy (non-hydrogen) atoms. The van der Waals surface area contributed by atoms with Crippen LogP contribution < -0.4 is 0 Å². The third-order valence-electron chi connectivity index (χ3n) is 1.68. The zero-order valence-corrected chi connectivity index (χ0v) is 9.59. The lowest BCUT2D eigenvalue weighted by molar-refractivity contribution is 0.932. The molecule has 3 nitrogen and oxygen atoms in total. The molecule has 0 fully saturated rings. The smallest absolute Gasteiger partial charge is 0.192 e. The van der Waals surface area contributed by atoms with Gasteiger partial charge in [-0.05, 0) is 36.9 Å². The summed E-state index contributed by atoms with van der Waals surface area (Å²) in [6.45, 7) is 1.94. The fourth-order valence-electron chi connectivity index (χ4n) is 1.03. The van der Waals surface area contributed by atoms with Gasteiger partial charge in [-0.3, -0.25) is 0 Å². The van der Waals surface area contributed by atoms with Crippen LogP contribution in [0.25, 0.3) is 0 Å². The van der Waals surface area contributed by atoms with Crippen molar-refractivity contribution in [2.75, 3.05) is 0 Å². The Morgan fingerprint density at radius 2 is 2.00 bits per heavy atom. The monoisotopic (exact) mass is 237 g/mol. The topological polar surface area (TPSA) is 38.7 Å². The van der Waals surface area contributed by atoms with E-state index in [1.807, 2.05) is 19.1 Å². The Morgan fingerprint density at radius 1 is 1.20 bits per heavy atom. The SMILES string of the molecule is Cc1ccnc(Sc2ccnc(Cl)c2)n1. The maximum atomic E-state index is 5.78. The Morgan fingerprint density at radius 3 is 2.73 bits per heavy atom. The van der Waals surface area contributed by atoms with E-state index in [2.05, 4.69) is 15.0 Å². The van der Waals surface area contributed by atoms with Gasteiger partial charge in [-0.25, -0.2) is 15.0 Å². The highest BCUT2D eigenvalue weighted by molar-refractivity contribution is 7.99. The van der Waals surface area contributed by atoms with Crippen LogP contribution in [0.15, 0.2) is 40.6 Å². The number of aromatic nitrogens is 3. The van der Waals surface area contributed by atoms with Crippen molar-refractivity contribution in [1.29, 1.82) is 0 Å². The minimum absolute atomic E-state index is 0.479. The molecule has 5 heteroatoms. The van der Waals surface area contributed by atoms with E-state index in [1.165, 1.54) is 11.8 Å². The zero-order chi connectivity index (χ0) is 10.7.